The number of amides is 1. The summed E-state index contributed by atoms with van der Waals surface area (Å²) < 4.78 is 123. The van der Waals surface area contributed by atoms with E-state index < -0.39 is 51.9 Å². The molecule has 0 saturated heterocycles. The summed E-state index contributed by atoms with van der Waals surface area (Å²) >= 11 is 0. The van der Waals surface area contributed by atoms with E-state index in [4.69, 9.17) is 0 Å². The van der Waals surface area contributed by atoms with Gasteiger partial charge in [0.1, 0.15) is 10.1 Å². The minimum atomic E-state index is -4.35. The van der Waals surface area contributed by atoms with Crippen molar-refractivity contribution < 1.29 is 141 Å². The molecule has 0 atom stereocenters. The largest absolute Gasteiger partial charge is 1.00 e. The van der Waals surface area contributed by atoms with Crippen LogP contribution in [-0.4, -0.2) is 177 Å². The van der Waals surface area contributed by atoms with Gasteiger partial charge in [0, 0.05) is 43.2 Å². The van der Waals surface area contributed by atoms with Crippen LogP contribution in [0, 0.1) is 13.8 Å². The Morgan fingerprint density at radius 3 is 1.28 bits per heavy atom. The average molecular weight is 1060 g/mol. The molecule has 1 amide bonds. The molecule has 0 aliphatic rings. The van der Waals surface area contributed by atoms with E-state index in [0.29, 0.717) is 25.1 Å². The number of benzene rings is 3. The molecule has 0 aliphatic heterocycles. The van der Waals surface area contributed by atoms with Crippen LogP contribution >= 0.6 is 0 Å². The van der Waals surface area contributed by atoms with Crippen molar-refractivity contribution >= 4 is 46.3 Å². The summed E-state index contributed by atoms with van der Waals surface area (Å²) in [4.78, 5) is 20.3. The maximum atomic E-state index is 12.8. The van der Waals surface area contributed by atoms with Crippen molar-refractivity contribution in [3.8, 4) is 0 Å². The van der Waals surface area contributed by atoms with Gasteiger partial charge in [0.2, 0.25) is 10.0 Å². The summed E-state index contributed by atoms with van der Waals surface area (Å²) in [6.45, 7) is 7.51. The molecule has 3 aromatic rings. The van der Waals surface area contributed by atoms with Gasteiger partial charge in [-0.15, -0.1) is 0 Å². The molecule has 0 unspecified atom stereocenters. The molecule has 0 N–H and O–H groups in total. The number of rotatable bonds is 26. The van der Waals surface area contributed by atoms with Gasteiger partial charge >= 0.3 is 88.7 Å². The third kappa shape index (κ3) is 34.1. The Labute approximate surface area is 475 Å². The first-order valence-corrected chi connectivity index (χ1v) is 27.4. The normalized spacial score (nSPS) is 11.7. The predicted octanol–water partition coefficient (Wildman–Crippen LogP) is -4.93. The quantitative estimate of drug-likeness (QED) is 0.0416. The molecule has 68 heavy (non-hydrogen) atoms. The first-order valence-electron chi connectivity index (χ1n) is 21.4. The van der Waals surface area contributed by atoms with Crippen LogP contribution in [0.1, 0.15) is 72.0 Å². The van der Waals surface area contributed by atoms with Crippen LogP contribution in [0.15, 0.2) is 82.6 Å². The Kier molecular flexibility index (Phi) is 38.6. The number of aryl methyl sites for hydroxylation is 3. The number of hydrogen-bond donors (Lipinski definition) is 0. The molecule has 0 saturated carbocycles. The Balaban J connectivity index is -0.000000921. The molecule has 0 aliphatic carbocycles. The van der Waals surface area contributed by atoms with Crippen molar-refractivity contribution in [2.45, 2.75) is 75.0 Å². The van der Waals surface area contributed by atoms with E-state index in [1.165, 1.54) is 35.0 Å². The molecule has 370 valence electrons. The van der Waals surface area contributed by atoms with Gasteiger partial charge in [0.05, 0.1) is 30.0 Å². The summed E-state index contributed by atoms with van der Waals surface area (Å²) in [7, 11) is -4.82. The third-order valence-electron chi connectivity index (χ3n) is 9.70. The third-order valence-corrected chi connectivity index (χ3v) is 14.0. The molecule has 0 fully saturated rings. The van der Waals surface area contributed by atoms with Crippen LogP contribution in [0.5, 0.6) is 0 Å². The molecule has 0 radical (unpaired) electrons. The molecule has 0 bridgehead atoms. The second-order valence-corrected chi connectivity index (χ2v) is 23.0. The minimum Gasteiger partial charge on any atom is -0.748 e. The number of carbonyl (C=O) groups is 1. The fraction of sp³-hybridized carbons (Fsp3) is 0.568. The number of carbonyl (C=O) groups excluding carboxylic acids is 1. The Bertz CT molecular complexity index is 2290. The Morgan fingerprint density at radius 2 is 0.838 bits per heavy atom. The number of sulfonamides is 1. The molecule has 17 nitrogen and oxygen atoms in total. The van der Waals surface area contributed by atoms with Gasteiger partial charge in [-0.3, -0.25) is 4.79 Å². The topological polar surface area (TPSA) is 239 Å². The first kappa shape index (κ1) is 71.9. The van der Waals surface area contributed by atoms with Crippen LogP contribution in [0.25, 0.3) is 0 Å². The standard InChI is InChI=1S/C16H26N2O4S.C15H26N2O5S2.C13H21NO3S.3Na/c1-14-6-8-15(9-7-14)16(19)18(11-4-10-17(2)3)12-5-13-23(20,21)22;1-14-6-8-15(9-7-14)24(21,22)17(11-4-10-16(2)3)12-5-13-23(18,19)20;1-14(2)11-5-3-4-6-12-7-9-13(10-8-12)18(15,16)17;;;/h6-9H,4-5,10-13H2,1-3H3,(H,20,21,22);6-9H,4-5,10-13H2,1-3H3,(H,18,19,20);7-10H,3-6,11H2,1-2H3,(H,15,16,17);;;/q;;;3*+1/p-3. The van der Waals surface area contributed by atoms with Gasteiger partial charge < -0.3 is 33.3 Å². The SMILES string of the molecule is CN(C)CCCCCc1ccc(S(=O)(=O)[O-])cc1.Cc1ccc(C(=O)N(CCCN(C)C)CCCS(=O)(=O)[O-])cc1.Cc1ccc(S(=O)(=O)N(CCCN(C)C)CCCS(=O)(=O)[O-])cc1.[Na+].[Na+].[Na+]. The maximum Gasteiger partial charge on any atom is 1.00 e. The van der Waals surface area contributed by atoms with Crippen molar-refractivity contribution in [3.63, 3.8) is 0 Å². The van der Waals surface area contributed by atoms with Gasteiger partial charge in [-0.05, 0) is 163 Å². The van der Waals surface area contributed by atoms with E-state index in [2.05, 4.69) is 19.0 Å². The summed E-state index contributed by atoms with van der Waals surface area (Å²) in [5, 5.41) is 0. The molecular weight excluding hydrogens is 988 g/mol. The van der Waals surface area contributed by atoms with Crippen molar-refractivity contribution in [2.24, 2.45) is 0 Å². The zero-order chi connectivity index (χ0) is 49.4. The molecule has 0 heterocycles. The predicted molar refractivity (Wildman–Crippen MR) is 252 cm³/mol. The van der Waals surface area contributed by atoms with Crippen molar-refractivity contribution in [1.29, 1.82) is 0 Å². The van der Waals surface area contributed by atoms with Crippen LogP contribution in [0.3, 0.4) is 0 Å². The zero-order valence-electron chi connectivity index (χ0n) is 42.2. The Morgan fingerprint density at radius 1 is 0.456 bits per heavy atom. The summed E-state index contributed by atoms with van der Waals surface area (Å²) in [5.74, 6) is -1.15. The van der Waals surface area contributed by atoms with Crippen molar-refractivity contribution in [3.05, 3.63) is 95.1 Å². The van der Waals surface area contributed by atoms with E-state index >= 15 is 0 Å². The molecule has 3 aromatic carbocycles. The first-order chi connectivity index (χ1) is 30.1. The number of unbranched alkanes of at least 4 members (excludes halogenated alkanes) is 2. The fourth-order valence-electron chi connectivity index (χ4n) is 6.15. The zero-order valence-corrected chi connectivity index (χ0v) is 51.5. The van der Waals surface area contributed by atoms with Gasteiger partial charge in [-0.1, -0.05) is 53.9 Å². The van der Waals surface area contributed by atoms with E-state index in [0.717, 1.165) is 55.5 Å². The van der Waals surface area contributed by atoms with E-state index in [9.17, 15) is 52.1 Å². The Hall–Kier alpha value is -0.350. The second kappa shape index (κ2) is 36.6. The van der Waals surface area contributed by atoms with E-state index in [1.807, 2.05) is 64.0 Å². The fourth-order valence-corrected chi connectivity index (χ4v) is 9.10. The van der Waals surface area contributed by atoms with Crippen LogP contribution < -0.4 is 88.7 Å². The molecule has 3 rings (SSSR count). The van der Waals surface area contributed by atoms with Crippen LogP contribution in [0.4, 0.5) is 0 Å². The monoisotopic (exact) mass is 1060 g/mol. The van der Waals surface area contributed by atoms with Gasteiger partial charge in [-0.25, -0.2) is 33.7 Å². The second-order valence-electron chi connectivity index (χ2n) is 16.6. The molecule has 0 aromatic heterocycles. The van der Waals surface area contributed by atoms with Crippen molar-refractivity contribution in [2.75, 3.05) is 99.6 Å². The average Bonchev–Trinajstić information content (AvgIpc) is 3.19. The molecule has 0 spiro atoms. The van der Waals surface area contributed by atoms with Gasteiger partial charge in [0.15, 0.2) is 0 Å². The summed E-state index contributed by atoms with van der Waals surface area (Å²) in [6, 6.07) is 20.0. The van der Waals surface area contributed by atoms with Crippen LogP contribution in [0.2, 0.25) is 0 Å². The number of nitrogens with zero attached hydrogens (tertiary/aromatic N) is 5. The van der Waals surface area contributed by atoms with Crippen LogP contribution in [-0.2, 0) is 46.8 Å². The van der Waals surface area contributed by atoms with Gasteiger partial charge in [0.25, 0.3) is 5.91 Å². The van der Waals surface area contributed by atoms with E-state index in [1.54, 1.807) is 41.3 Å². The molecular formula is C44H70N5Na3O12S4. The number of hydrogen-bond acceptors (Lipinski definition) is 15. The maximum absolute atomic E-state index is 12.8. The van der Waals surface area contributed by atoms with Gasteiger partial charge in [-0.2, -0.15) is 4.31 Å². The summed E-state index contributed by atoms with van der Waals surface area (Å²) in [6.07, 6.45) is 5.87. The van der Waals surface area contributed by atoms with E-state index in [-0.39, 0.29) is 137 Å². The smallest absolute Gasteiger partial charge is 0.748 e. The minimum absolute atomic E-state index is 0. The molecule has 24 heteroatoms. The van der Waals surface area contributed by atoms with Crippen molar-refractivity contribution in [1.82, 2.24) is 23.9 Å². The summed E-state index contributed by atoms with van der Waals surface area (Å²) in [5.41, 5.74) is 3.67.